The lowest BCUT2D eigenvalue weighted by molar-refractivity contribution is -0.140. The number of aliphatic carboxylic acids is 1. The maximum Gasteiger partial charge on any atom is 0.326 e. The van der Waals surface area contributed by atoms with Crippen molar-refractivity contribution in [1.82, 2.24) is 5.32 Å². The van der Waals surface area contributed by atoms with E-state index in [1.54, 1.807) is 23.5 Å². The number of hydrogen-bond donors (Lipinski definition) is 2. The van der Waals surface area contributed by atoms with Crippen LogP contribution in [0.1, 0.15) is 6.42 Å². The molecule has 1 unspecified atom stereocenters. The lowest BCUT2D eigenvalue weighted by atomic mass is 10.2. The molecular formula is C13H17NO3S2. The molecular weight excluding hydrogens is 282 g/mol. The summed E-state index contributed by atoms with van der Waals surface area (Å²) in [5, 5.41) is 11.1. The number of benzene rings is 1. The summed E-state index contributed by atoms with van der Waals surface area (Å²) in [6.07, 6.45) is 0.892. The second-order valence-electron chi connectivity index (χ2n) is 3.74. The summed E-state index contributed by atoms with van der Waals surface area (Å²) in [4.78, 5) is 22.2. The van der Waals surface area contributed by atoms with Crippen LogP contribution in [0.4, 0.5) is 0 Å². The zero-order valence-corrected chi connectivity index (χ0v) is 12.1. The quantitative estimate of drug-likeness (QED) is 0.393. The van der Waals surface area contributed by atoms with Gasteiger partial charge in [0, 0.05) is 16.4 Å². The molecule has 0 saturated heterocycles. The molecule has 0 fully saturated rings. The monoisotopic (exact) mass is 299 g/mol. The van der Waals surface area contributed by atoms with E-state index in [2.05, 4.69) is 17.4 Å². The van der Waals surface area contributed by atoms with E-state index < -0.39 is 12.0 Å². The maximum absolute atomic E-state index is 10.8. The molecule has 1 aromatic carbocycles. The van der Waals surface area contributed by atoms with Crippen LogP contribution in [0.5, 0.6) is 0 Å². The lowest BCUT2D eigenvalue weighted by Crippen LogP contribution is -2.36. The van der Waals surface area contributed by atoms with Crippen LogP contribution in [0.15, 0.2) is 35.2 Å². The molecule has 0 aromatic heterocycles. The largest absolute Gasteiger partial charge is 0.480 e. The van der Waals surface area contributed by atoms with Crippen LogP contribution < -0.4 is 5.32 Å². The van der Waals surface area contributed by atoms with E-state index >= 15 is 0 Å². The number of carboxylic acid groups (broad SMARTS) is 1. The summed E-state index contributed by atoms with van der Waals surface area (Å²) in [5.41, 5.74) is 0. The van der Waals surface area contributed by atoms with Gasteiger partial charge in [-0.05, 0) is 24.3 Å². The fourth-order valence-corrected chi connectivity index (χ4v) is 3.40. The third kappa shape index (κ3) is 7.12. The fourth-order valence-electron chi connectivity index (χ4n) is 1.40. The predicted molar refractivity (Wildman–Crippen MR) is 79.7 cm³/mol. The summed E-state index contributed by atoms with van der Waals surface area (Å²) >= 11 is 3.49. The van der Waals surface area contributed by atoms with E-state index in [-0.39, 0.29) is 0 Å². The van der Waals surface area contributed by atoms with E-state index in [1.807, 2.05) is 18.2 Å². The van der Waals surface area contributed by atoms with E-state index in [9.17, 15) is 9.59 Å². The fraction of sp³-hybridized carbons (Fsp3) is 0.385. The second kappa shape index (κ2) is 9.75. The Hall–Kier alpha value is -1.14. The van der Waals surface area contributed by atoms with Crippen molar-refractivity contribution in [2.75, 3.05) is 17.3 Å². The summed E-state index contributed by atoms with van der Waals surface area (Å²) < 4.78 is 0. The van der Waals surface area contributed by atoms with E-state index in [4.69, 9.17) is 5.11 Å². The van der Waals surface area contributed by atoms with Gasteiger partial charge in [0.25, 0.3) is 0 Å². The first-order valence-corrected chi connectivity index (χ1v) is 8.06. The number of carbonyl (C=O) groups excluding carboxylic acids is 1. The SMILES string of the molecule is O=CNC(CCSCCSc1ccccc1)C(=O)O. The number of rotatable bonds is 10. The Bertz CT molecular complexity index is 387. The van der Waals surface area contributed by atoms with Crippen LogP contribution in [0.3, 0.4) is 0 Å². The molecule has 0 aliphatic carbocycles. The van der Waals surface area contributed by atoms with Gasteiger partial charge in [0.1, 0.15) is 6.04 Å². The molecule has 0 saturated carbocycles. The minimum absolute atomic E-state index is 0.439. The van der Waals surface area contributed by atoms with Crippen molar-refractivity contribution in [1.29, 1.82) is 0 Å². The Morgan fingerprint density at radius 2 is 2.00 bits per heavy atom. The normalized spacial score (nSPS) is 11.8. The average Bonchev–Trinajstić information content (AvgIpc) is 2.42. The van der Waals surface area contributed by atoms with Crippen LogP contribution in [-0.4, -0.2) is 40.8 Å². The number of hydrogen-bond acceptors (Lipinski definition) is 4. The molecule has 1 rings (SSSR count). The van der Waals surface area contributed by atoms with Crippen LogP contribution in [-0.2, 0) is 9.59 Å². The van der Waals surface area contributed by atoms with Crippen LogP contribution in [0.25, 0.3) is 0 Å². The van der Waals surface area contributed by atoms with E-state index in [1.165, 1.54) is 4.90 Å². The predicted octanol–water partition coefficient (Wildman–Crippen LogP) is 2.10. The zero-order chi connectivity index (χ0) is 13.9. The van der Waals surface area contributed by atoms with Gasteiger partial charge in [-0.3, -0.25) is 4.79 Å². The van der Waals surface area contributed by atoms with E-state index in [0.29, 0.717) is 12.8 Å². The Labute approximate surface area is 121 Å². The van der Waals surface area contributed by atoms with Gasteiger partial charge in [-0.15, -0.1) is 11.8 Å². The molecule has 1 atom stereocenters. The van der Waals surface area contributed by atoms with Crippen LogP contribution in [0, 0.1) is 0 Å². The Balaban J connectivity index is 2.07. The summed E-state index contributed by atoms with van der Waals surface area (Å²) in [6.45, 7) is 0. The third-order valence-electron chi connectivity index (χ3n) is 2.36. The minimum Gasteiger partial charge on any atom is -0.480 e. The zero-order valence-electron chi connectivity index (χ0n) is 10.5. The highest BCUT2D eigenvalue weighted by Gasteiger charge is 2.15. The lowest BCUT2D eigenvalue weighted by Gasteiger charge is -2.10. The smallest absolute Gasteiger partial charge is 0.326 e. The number of thioether (sulfide) groups is 2. The first kappa shape index (κ1) is 15.9. The minimum atomic E-state index is -0.980. The highest BCUT2D eigenvalue weighted by atomic mass is 32.2. The molecule has 1 aromatic rings. The molecule has 0 aliphatic heterocycles. The van der Waals surface area contributed by atoms with Crippen molar-refractivity contribution < 1.29 is 14.7 Å². The molecule has 2 N–H and O–H groups in total. The molecule has 0 radical (unpaired) electrons. The van der Waals surface area contributed by atoms with Gasteiger partial charge in [0.15, 0.2) is 0 Å². The van der Waals surface area contributed by atoms with Gasteiger partial charge in [-0.2, -0.15) is 11.8 Å². The van der Waals surface area contributed by atoms with Crippen molar-refractivity contribution in [3.8, 4) is 0 Å². The second-order valence-corrected chi connectivity index (χ2v) is 6.13. The summed E-state index contributed by atoms with van der Waals surface area (Å²) in [6, 6.07) is 9.39. The molecule has 1 amide bonds. The highest BCUT2D eigenvalue weighted by Crippen LogP contribution is 2.18. The molecule has 6 heteroatoms. The topological polar surface area (TPSA) is 66.4 Å². The van der Waals surface area contributed by atoms with Gasteiger partial charge in [-0.25, -0.2) is 4.79 Å². The van der Waals surface area contributed by atoms with Gasteiger partial charge in [0.2, 0.25) is 6.41 Å². The molecule has 0 bridgehead atoms. The van der Waals surface area contributed by atoms with Crippen molar-refractivity contribution in [2.45, 2.75) is 17.4 Å². The summed E-state index contributed by atoms with van der Waals surface area (Å²) in [5.74, 6) is 1.71. The Morgan fingerprint density at radius 3 is 2.63 bits per heavy atom. The number of carboxylic acids is 1. The van der Waals surface area contributed by atoms with Gasteiger partial charge in [0.05, 0.1) is 0 Å². The van der Waals surface area contributed by atoms with Crippen LogP contribution in [0.2, 0.25) is 0 Å². The number of nitrogens with one attached hydrogen (secondary N) is 1. The van der Waals surface area contributed by atoms with E-state index in [0.717, 1.165) is 17.3 Å². The molecule has 0 spiro atoms. The number of carbonyl (C=O) groups is 2. The Morgan fingerprint density at radius 1 is 1.26 bits per heavy atom. The van der Waals surface area contributed by atoms with Crippen molar-refractivity contribution in [3.05, 3.63) is 30.3 Å². The van der Waals surface area contributed by atoms with Gasteiger partial charge >= 0.3 is 5.97 Å². The first-order chi connectivity index (χ1) is 9.24. The molecule has 4 nitrogen and oxygen atoms in total. The van der Waals surface area contributed by atoms with Crippen LogP contribution >= 0.6 is 23.5 Å². The molecule has 0 heterocycles. The molecule has 0 aliphatic rings. The van der Waals surface area contributed by atoms with Crippen molar-refractivity contribution in [2.24, 2.45) is 0 Å². The summed E-state index contributed by atoms with van der Waals surface area (Å²) in [7, 11) is 0. The maximum atomic E-state index is 10.8. The third-order valence-corrected chi connectivity index (χ3v) is 4.65. The van der Waals surface area contributed by atoms with Gasteiger partial charge < -0.3 is 10.4 Å². The average molecular weight is 299 g/mol. The van der Waals surface area contributed by atoms with Gasteiger partial charge in [-0.1, -0.05) is 18.2 Å². The van der Waals surface area contributed by atoms with Crippen molar-refractivity contribution >= 4 is 35.9 Å². The highest BCUT2D eigenvalue weighted by molar-refractivity contribution is 8.02. The first-order valence-electron chi connectivity index (χ1n) is 5.92. The Kier molecular flexibility index (Phi) is 8.16. The number of amides is 1. The standard InChI is InChI=1S/C13H17NO3S2/c15-10-14-12(13(16)17)6-7-18-8-9-19-11-4-2-1-3-5-11/h1-5,10,12H,6-9H2,(H,14,15)(H,16,17). The molecule has 104 valence electrons. The molecule has 19 heavy (non-hydrogen) atoms. The van der Waals surface area contributed by atoms with Crippen molar-refractivity contribution in [3.63, 3.8) is 0 Å².